The number of unbranched alkanes of at least 4 members (excludes halogenated alkanes) is 3. The van der Waals surface area contributed by atoms with Gasteiger partial charge in [-0.2, -0.15) is 18.3 Å². The number of alkyl halides is 3. The van der Waals surface area contributed by atoms with Crippen molar-refractivity contribution in [1.82, 2.24) is 19.9 Å². The molecule has 0 aliphatic rings. The number of fused-ring (bicyclic) bond motifs is 1. The maximum atomic E-state index is 12.5. The van der Waals surface area contributed by atoms with Crippen molar-refractivity contribution in [3.63, 3.8) is 0 Å². The second-order valence-electron chi connectivity index (χ2n) is 12.2. The van der Waals surface area contributed by atoms with Crippen LogP contribution in [0.3, 0.4) is 0 Å². The number of halogens is 3. The SMILES string of the molecule is CCCCCCc1ccsc1-c1ccnc(/C([NH-])=C/C(=N)C(F)(F)F)c1.O=COc1ccnc(-c2cc3cc(OC=O)ccc3c(-c3cc(OC=O)ccn3)n2)c1.[N-]=C=S.[Ru+2]. The average Bonchev–Trinajstić information content (AvgIpc) is 3.71. The quantitative estimate of drug-likeness (QED) is 0.0318. The van der Waals surface area contributed by atoms with E-state index < -0.39 is 17.6 Å². The Morgan fingerprint density at radius 2 is 1.44 bits per heavy atom. The Bertz CT molecular complexity index is 2510. The Balaban J connectivity index is 0.000000305. The number of hydrogen-bond donors (Lipinski definition) is 1. The van der Waals surface area contributed by atoms with E-state index in [0.717, 1.165) is 28.7 Å². The summed E-state index contributed by atoms with van der Waals surface area (Å²) >= 11 is 5.27. The Morgan fingerprint density at radius 3 is 2.07 bits per heavy atom. The third-order valence-corrected chi connectivity index (χ3v) is 9.27. The van der Waals surface area contributed by atoms with E-state index in [-0.39, 0.29) is 25.2 Å². The molecule has 0 spiro atoms. The number of ether oxygens (including phenoxy) is 3. The van der Waals surface area contributed by atoms with E-state index in [9.17, 15) is 27.6 Å². The number of pyridine rings is 4. The van der Waals surface area contributed by atoms with Crippen molar-refractivity contribution in [3.05, 3.63) is 119 Å². The molecule has 0 radical (unpaired) electrons. The Morgan fingerprint density at radius 1 is 0.836 bits per heavy atom. The second kappa shape index (κ2) is 24.6. The summed E-state index contributed by atoms with van der Waals surface area (Å²) in [6, 6.07) is 18.5. The second-order valence-corrected chi connectivity index (χ2v) is 13.3. The van der Waals surface area contributed by atoms with Gasteiger partial charge in [-0.15, -0.1) is 17.0 Å². The van der Waals surface area contributed by atoms with Crippen molar-refractivity contribution < 1.29 is 61.2 Å². The molecule has 0 amide bonds. The first-order valence-corrected chi connectivity index (χ1v) is 19.1. The number of hydrogen-bond acceptors (Lipinski definition) is 13. The van der Waals surface area contributed by atoms with Crippen molar-refractivity contribution >= 4 is 70.3 Å². The summed E-state index contributed by atoms with van der Waals surface area (Å²) in [7, 11) is 0. The van der Waals surface area contributed by atoms with Crippen molar-refractivity contribution in [2.45, 2.75) is 45.2 Å². The predicted octanol–water partition coefficient (Wildman–Crippen LogP) is 10.5. The molecule has 1 aromatic carbocycles. The van der Waals surface area contributed by atoms with E-state index in [2.05, 4.69) is 40.2 Å². The summed E-state index contributed by atoms with van der Waals surface area (Å²) in [6.07, 6.45) is 5.82. The number of allylic oxidation sites excluding steroid dienone is 1. The number of aryl methyl sites for hydroxylation is 1. The summed E-state index contributed by atoms with van der Waals surface area (Å²) in [5.74, 6) is 0.962. The summed E-state index contributed by atoms with van der Waals surface area (Å²) in [6.45, 7) is 3.16. The van der Waals surface area contributed by atoms with Crippen LogP contribution in [-0.4, -0.2) is 56.4 Å². The zero-order valence-corrected chi connectivity index (χ0v) is 35.4. The molecule has 19 heteroatoms. The molecule has 0 saturated carbocycles. The van der Waals surface area contributed by atoms with Gasteiger partial charge in [-0.25, -0.2) is 4.98 Å². The van der Waals surface area contributed by atoms with Crippen LogP contribution >= 0.6 is 23.6 Å². The fraction of sp³-hybridized carbons (Fsp3) is 0.167. The maximum Gasteiger partial charge on any atom is 2.00 e. The zero-order valence-electron chi connectivity index (χ0n) is 32.0. The van der Waals surface area contributed by atoms with E-state index in [1.54, 1.807) is 65.9 Å². The number of carbonyl (C=O) groups excluding carboxylic acids is 3. The standard InChI is InChI=1S/C22H13N3O6.C19H21F3N3S.CNS.Ru/c26-11-29-15-1-2-18-14(7-15)8-20(19-9-16(30-12-27)3-5-23-19)25-22(18)21-10-17(31-13-28)4-6-24-21;1-2-3-4-5-6-13-8-10-26-18(13)14-7-9-25-16(11-14)15(23)12-17(24)19(20,21)22;2-1-3;/h1-13H;7-12,23-24H,2-6H2,1H3;;/q;2*-1;+2/b;15-12-,24-17?;;. The van der Waals surface area contributed by atoms with Gasteiger partial charge in [0.15, 0.2) is 0 Å². The van der Waals surface area contributed by atoms with Crippen LogP contribution < -0.4 is 14.2 Å². The van der Waals surface area contributed by atoms with Crippen LogP contribution in [0, 0.1) is 5.41 Å². The average molecular weight is 955 g/mol. The number of nitrogens with zero attached hydrogens (tertiary/aromatic N) is 5. The minimum atomic E-state index is -4.76. The molecule has 6 rings (SSSR count). The van der Waals surface area contributed by atoms with Gasteiger partial charge in [0.25, 0.3) is 19.4 Å². The van der Waals surface area contributed by atoms with E-state index in [4.69, 9.17) is 35.7 Å². The number of thiocarbonyl (C=S) groups is 1. The molecule has 0 aliphatic heterocycles. The molecule has 0 saturated heterocycles. The summed E-state index contributed by atoms with van der Waals surface area (Å²) in [5, 5.41) is 18.9. The Hall–Kier alpha value is -6.39. The van der Waals surface area contributed by atoms with E-state index in [0.29, 0.717) is 70.9 Å². The van der Waals surface area contributed by atoms with Crippen molar-refractivity contribution in [1.29, 1.82) is 5.41 Å². The molecule has 5 heterocycles. The number of benzene rings is 1. The molecule has 5 aromatic heterocycles. The summed E-state index contributed by atoms with van der Waals surface area (Å²) < 4.78 is 52.2. The molecular weight excluding hydrogens is 921 g/mol. The molecule has 13 nitrogen and oxygen atoms in total. The number of isothiocyanates is 1. The van der Waals surface area contributed by atoms with Gasteiger partial charge in [0.05, 0.1) is 22.8 Å². The van der Waals surface area contributed by atoms with Crippen LogP contribution in [0.2, 0.25) is 0 Å². The van der Waals surface area contributed by atoms with Gasteiger partial charge in [0.1, 0.15) is 23.0 Å². The third kappa shape index (κ3) is 14.4. The molecule has 0 atom stereocenters. The number of rotatable bonds is 16. The van der Waals surface area contributed by atoms with Gasteiger partial charge in [-0.3, -0.25) is 34.7 Å². The first-order valence-electron chi connectivity index (χ1n) is 17.8. The fourth-order valence-corrected chi connectivity index (χ4v) is 6.54. The molecular formula is C42H34F3N7O6RuS2. The summed E-state index contributed by atoms with van der Waals surface area (Å²) in [4.78, 5) is 50.5. The topological polar surface area (TPSA) is 200 Å². The molecule has 2 N–H and O–H groups in total. The van der Waals surface area contributed by atoms with Crippen molar-refractivity contribution in [2.24, 2.45) is 0 Å². The minimum Gasteiger partial charge on any atom is -0.753 e. The van der Waals surface area contributed by atoms with Gasteiger partial charge in [-0.05, 0) is 95.4 Å². The minimum absolute atomic E-state index is 0. The van der Waals surface area contributed by atoms with Crippen LogP contribution in [0.5, 0.6) is 17.2 Å². The normalized spacial score (nSPS) is 10.7. The predicted molar refractivity (Wildman–Crippen MR) is 226 cm³/mol. The fourth-order valence-electron chi connectivity index (χ4n) is 5.59. The van der Waals surface area contributed by atoms with Gasteiger partial charge in [-0.1, -0.05) is 38.4 Å². The first kappa shape index (κ1) is 49.0. The zero-order chi connectivity index (χ0) is 43.5. The van der Waals surface area contributed by atoms with Crippen LogP contribution in [0.4, 0.5) is 13.2 Å². The van der Waals surface area contributed by atoms with E-state index in [1.807, 2.05) is 5.38 Å². The van der Waals surface area contributed by atoms with Gasteiger partial charge in [0.2, 0.25) is 0 Å². The number of nitrogens with one attached hydrogen (secondary N) is 2. The van der Waals surface area contributed by atoms with Crippen molar-refractivity contribution in [2.75, 3.05) is 0 Å². The first-order chi connectivity index (χ1) is 29.0. The Labute approximate surface area is 370 Å². The van der Waals surface area contributed by atoms with Crippen molar-refractivity contribution in [3.8, 4) is 50.5 Å². The molecule has 0 unspecified atom stereocenters. The number of carbonyl (C=O) groups is 3. The monoisotopic (exact) mass is 955 g/mol. The van der Waals surface area contributed by atoms with Crippen LogP contribution in [0.1, 0.15) is 43.9 Å². The van der Waals surface area contributed by atoms with Crippen LogP contribution in [0.15, 0.2) is 96.8 Å². The molecule has 6 aromatic rings. The van der Waals surface area contributed by atoms with E-state index >= 15 is 0 Å². The van der Waals surface area contributed by atoms with Crippen LogP contribution in [-0.2, 0) is 40.3 Å². The number of thiophene rings is 1. The van der Waals surface area contributed by atoms with Gasteiger partial charge < -0.3 is 25.4 Å². The summed E-state index contributed by atoms with van der Waals surface area (Å²) in [5.41, 5.74) is 9.88. The smallest absolute Gasteiger partial charge is 0.753 e. The molecule has 0 fully saturated rings. The Kier molecular flexibility index (Phi) is 19.8. The number of aromatic nitrogens is 4. The largest absolute Gasteiger partial charge is 2.00 e. The van der Waals surface area contributed by atoms with Crippen LogP contribution in [0.25, 0.3) is 60.8 Å². The molecule has 314 valence electrons. The van der Waals surface area contributed by atoms with E-state index in [1.165, 1.54) is 54.6 Å². The maximum absolute atomic E-state index is 12.5. The van der Waals surface area contributed by atoms with Gasteiger partial charge >= 0.3 is 25.7 Å². The molecule has 61 heavy (non-hydrogen) atoms. The molecule has 0 aliphatic carbocycles. The molecule has 0 bridgehead atoms. The third-order valence-electron chi connectivity index (χ3n) is 8.26. The van der Waals surface area contributed by atoms with Gasteiger partial charge in [0, 0.05) is 46.7 Å².